The van der Waals surface area contributed by atoms with Gasteiger partial charge in [0, 0.05) is 29.9 Å². The molecular weight excluding hydrogens is 652 g/mol. The molecule has 2 aromatic carbocycles. The first-order valence-electron chi connectivity index (χ1n) is 15.7. The number of likely N-dealkylation sites (tertiary alicyclic amines) is 1. The van der Waals surface area contributed by atoms with Crippen LogP contribution in [0.5, 0.6) is 0 Å². The van der Waals surface area contributed by atoms with Crippen LogP contribution in [0.15, 0.2) is 35.3 Å². The molecule has 2 N–H and O–H groups in total. The summed E-state index contributed by atoms with van der Waals surface area (Å²) in [5.41, 5.74) is -3.32. The van der Waals surface area contributed by atoms with Crippen molar-refractivity contribution in [2.24, 2.45) is 5.92 Å². The topological polar surface area (TPSA) is 91.6 Å². The number of alkyl halides is 3. The molecule has 0 radical (unpaired) electrons. The summed E-state index contributed by atoms with van der Waals surface area (Å²) in [5.74, 6) is -3.96. The predicted octanol–water partition coefficient (Wildman–Crippen LogP) is 6.72. The molecule has 2 atom stereocenters. The van der Waals surface area contributed by atoms with E-state index in [-0.39, 0.29) is 46.6 Å². The number of carboxylic acids is 1. The Bertz CT molecular complexity index is 1830. The Balaban J connectivity index is 1.84. The summed E-state index contributed by atoms with van der Waals surface area (Å²) in [4.78, 5) is 41.1. The van der Waals surface area contributed by atoms with Gasteiger partial charge in [0.25, 0.3) is 5.56 Å². The Morgan fingerprint density at radius 3 is 2.18 bits per heavy atom. The molecule has 0 saturated carbocycles. The Kier molecular flexibility index (Phi) is 11.3. The second-order valence-corrected chi connectivity index (χ2v) is 12.8. The molecule has 2 heterocycles. The van der Waals surface area contributed by atoms with Gasteiger partial charge in [-0.25, -0.2) is 13.2 Å². The van der Waals surface area contributed by atoms with Crippen LogP contribution in [-0.2, 0) is 22.2 Å². The number of aliphatic carboxylic acids is 1. The van der Waals surface area contributed by atoms with Crippen molar-refractivity contribution in [1.29, 1.82) is 0 Å². The van der Waals surface area contributed by atoms with E-state index >= 15 is 8.78 Å². The zero-order valence-corrected chi connectivity index (χ0v) is 27.5. The summed E-state index contributed by atoms with van der Waals surface area (Å²) in [5, 5.41) is 12.1. The smallest absolute Gasteiger partial charge is 0.416 e. The van der Waals surface area contributed by atoms with Crippen LogP contribution in [0.1, 0.15) is 78.6 Å². The Morgan fingerprint density at radius 2 is 1.67 bits per heavy atom. The van der Waals surface area contributed by atoms with Crippen LogP contribution in [0.3, 0.4) is 0 Å². The van der Waals surface area contributed by atoms with Crippen LogP contribution in [0.25, 0.3) is 11.1 Å². The average molecular weight is 690 g/mol. The van der Waals surface area contributed by atoms with E-state index in [0.29, 0.717) is 12.6 Å². The van der Waals surface area contributed by atoms with Gasteiger partial charge in [-0.15, -0.1) is 6.42 Å². The number of carbonyl (C=O) groups is 2. The summed E-state index contributed by atoms with van der Waals surface area (Å²) in [6.45, 7) is 8.13. The van der Waals surface area contributed by atoms with Gasteiger partial charge in [-0.2, -0.15) is 13.2 Å². The lowest BCUT2D eigenvalue weighted by molar-refractivity contribution is -0.139. The van der Waals surface area contributed by atoms with E-state index < -0.39 is 76.3 Å². The van der Waals surface area contributed by atoms with E-state index in [1.54, 1.807) is 13.8 Å². The summed E-state index contributed by atoms with van der Waals surface area (Å²) in [6, 6.07) is 0.378. The van der Waals surface area contributed by atoms with E-state index in [1.807, 2.05) is 4.90 Å². The molecule has 0 spiro atoms. The van der Waals surface area contributed by atoms with E-state index in [2.05, 4.69) is 11.2 Å². The Labute approximate surface area is 279 Å². The molecule has 1 fully saturated rings. The van der Waals surface area contributed by atoms with Gasteiger partial charge in [-0.3, -0.25) is 14.4 Å². The van der Waals surface area contributed by atoms with Crippen LogP contribution in [-0.4, -0.2) is 46.1 Å². The van der Waals surface area contributed by atoms with Crippen molar-refractivity contribution < 1.29 is 41.0 Å². The molecule has 262 valence electrons. The number of benzene rings is 2. The minimum absolute atomic E-state index is 0.0624. The second kappa shape index (κ2) is 14.9. The van der Waals surface area contributed by atoms with Gasteiger partial charge in [-0.1, -0.05) is 19.8 Å². The number of carboxylic acid groups (broad SMARTS) is 1. The third kappa shape index (κ3) is 8.36. The summed E-state index contributed by atoms with van der Waals surface area (Å²) in [7, 11) is 0. The van der Waals surface area contributed by atoms with Crippen molar-refractivity contribution in [3.63, 3.8) is 0 Å². The van der Waals surface area contributed by atoms with Crippen LogP contribution in [0.2, 0.25) is 0 Å². The van der Waals surface area contributed by atoms with Crippen LogP contribution >= 0.6 is 0 Å². The van der Waals surface area contributed by atoms with Gasteiger partial charge in [0.1, 0.15) is 23.5 Å². The number of hydrogen-bond acceptors (Lipinski definition) is 4. The van der Waals surface area contributed by atoms with Gasteiger partial charge < -0.3 is 19.9 Å². The zero-order chi connectivity index (χ0) is 36.4. The molecule has 0 bridgehead atoms. The Morgan fingerprint density at radius 1 is 1.04 bits per heavy atom. The highest BCUT2D eigenvalue weighted by atomic mass is 19.4. The molecule has 13 heteroatoms. The van der Waals surface area contributed by atoms with Crippen molar-refractivity contribution in [1.82, 2.24) is 14.8 Å². The maximum Gasteiger partial charge on any atom is 0.416 e. The molecule has 1 saturated heterocycles. The number of terminal acetylenes is 1. The first-order valence-corrected chi connectivity index (χ1v) is 15.7. The van der Waals surface area contributed by atoms with Crippen molar-refractivity contribution in [3.8, 4) is 23.5 Å². The number of amides is 1. The third-order valence-corrected chi connectivity index (χ3v) is 8.65. The summed E-state index contributed by atoms with van der Waals surface area (Å²) >= 11 is 0. The molecule has 1 unspecified atom stereocenters. The summed E-state index contributed by atoms with van der Waals surface area (Å²) in [6.07, 6.45) is 1.41. The third-order valence-electron chi connectivity index (χ3n) is 8.65. The van der Waals surface area contributed by atoms with E-state index in [4.69, 9.17) is 6.42 Å². The molecule has 49 heavy (non-hydrogen) atoms. The van der Waals surface area contributed by atoms with Gasteiger partial charge in [0.05, 0.1) is 23.6 Å². The number of aromatic nitrogens is 1. The normalized spacial score (nSPS) is 14.7. The SMILES string of the molecule is C#Cc1cc(-c2c(C)cc(F)cc2C)c(F)c(C(CC(=O)O)NC(=O)[C@H](CC(C)C)n2cc(CCN3CCC3)c(C(F)(F)F)cc2=O)c1F. The number of halogens is 6. The van der Waals surface area contributed by atoms with Crippen LogP contribution in [0, 0.1) is 49.6 Å². The van der Waals surface area contributed by atoms with Gasteiger partial charge in [0.15, 0.2) is 0 Å². The largest absolute Gasteiger partial charge is 0.481 e. The number of hydrogen-bond donors (Lipinski definition) is 2. The first-order chi connectivity index (χ1) is 22.9. The van der Waals surface area contributed by atoms with Crippen LogP contribution in [0.4, 0.5) is 26.3 Å². The second-order valence-electron chi connectivity index (χ2n) is 12.8. The van der Waals surface area contributed by atoms with Crippen molar-refractivity contribution >= 4 is 11.9 Å². The highest BCUT2D eigenvalue weighted by Gasteiger charge is 2.37. The molecule has 1 aliphatic heterocycles. The van der Waals surface area contributed by atoms with Gasteiger partial charge in [0.2, 0.25) is 5.91 Å². The van der Waals surface area contributed by atoms with E-state index in [1.165, 1.54) is 13.8 Å². The highest BCUT2D eigenvalue weighted by Crippen LogP contribution is 2.38. The monoisotopic (exact) mass is 689 g/mol. The number of rotatable bonds is 12. The first kappa shape index (κ1) is 37.3. The van der Waals surface area contributed by atoms with E-state index in [9.17, 15) is 37.1 Å². The molecule has 3 aromatic rings. The fourth-order valence-corrected chi connectivity index (χ4v) is 6.23. The van der Waals surface area contributed by atoms with Gasteiger partial charge in [-0.05, 0) is 92.6 Å². The molecule has 1 aromatic heterocycles. The minimum Gasteiger partial charge on any atom is -0.481 e. The fourth-order valence-electron chi connectivity index (χ4n) is 6.23. The van der Waals surface area contributed by atoms with Crippen molar-refractivity contribution in [2.75, 3.05) is 19.6 Å². The van der Waals surface area contributed by atoms with Crippen molar-refractivity contribution in [3.05, 3.63) is 91.6 Å². The molecular formula is C36H37F6N3O4. The van der Waals surface area contributed by atoms with E-state index in [0.717, 1.165) is 48.5 Å². The molecule has 7 nitrogen and oxygen atoms in total. The molecule has 1 amide bonds. The number of carbonyl (C=O) groups excluding carboxylic acids is 1. The standard InChI is InChI=1S/C36H37F6N3O4/c1-6-22-15-25(31-20(4)13-24(37)14-21(31)5)34(39)32(33(22)38)27(17-30(47)48)43-35(49)28(12-19(2)3)45-18-23(8-11-44-9-7-10-44)26(16-29(45)46)36(40,41)42/h1,13-16,18-19,27-28H,7-12,17H2,2-5H3,(H,43,49)(H,47,48)/t27?,28-/m0/s1. The van der Waals surface area contributed by atoms with Crippen LogP contribution < -0.4 is 10.9 Å². The maximum atomic E-state index is 16.4. The summed E-state index contributed by atoms with van der Waals surface area (Å²) < 4.78 is 89.2. The number of pyridine rings is 1. The molecule has 0 aliphatic carbocycles. The molecule has 4 rings (SSSR count). The molecule has 1 aliphatic rings. The van der Waals surface area contributed by atoms with Crippen molar-refractivity contribution in [2.45, 2.75) is 71.6 Å². The quantitative estimate of drug-likeness (QED) is 0.163. The lowest BCUT2D eigenvalue weighted by atomic mass is 9.89. The number of nitrogens with one attached hydrogen (secondary N) is 1. The minimum atomic E-state index is -4.85. The lowest BCUT2D eigenvalue weighted by Crippen LogP contribution is -2.41. The number of nitrogens with zero attached hydrogens (tertiary/aromatic N) is 2. The highest BCUT2D eigenvalue weighted by molar-refractivity contribution is 5.82. The number of aryl methyl sites for hydroxylation is 2. The predicted molar refractivity (Wildman–Crippen MR) is 171 cm³/mol. The average Bonchev–Trinajstić information content (AvgIpc) is 2.95. The van der Waals surface area contributed by atoms with Gasteiger partial charge >= 0.3 is 12.1 Å². The maximum absolute atomic E-state index is 16.4. The Hall–Kier alpha value is -4.57. The lowest BCUT2D eigenvalue weighted by Gasteiger charge is -2.31. The zero-order valence-electron chi connectivity index (χ0n) is 27.5. The fraction of sp³-hybridized carbons (Fsp3) is 0.417.